The second kappa shape index (κ2) is 6.01. The van der Waals surface area contributed by atoms with Gasteiger partial charge in [0, 0.05) is 26.8 Å². The minimum absolute atomic E-state index is 0.306. The zero-order valence-electron chi connectivity index (χ0n) is 9.41. The standard InChI is InChI=1S/C13H13BrClNS/c1-16-13(8-10-3-2-6-17-10)11-5-4-9(15)7-12(11)14/h2-7,13,16H,8H2,1H3. The van der Waals surface area contributed by atoms with Gasteiger partial charge in [-0.2, -0.15) is 0 Å². The van der Waals surface area contributed by atoms with Crippen LogP contribution in [-0.2, 0) is 6.42 Å². The van der Waals surface area contributed by atoms with E-state index in [2.05, 4.69) is 44.8 Å². The van der Waals surface area contributed by atoms with Crippen molar-refractivity contribution in [1.82, 2.24) is 5.32 Å². The lowest BCUT2D eigenvalue weighted by atomic mass is 10.0. The Bertz CT molecular complexity index is 484. The van der Waals surface area contributed by atoms with Crippen LogP contribution in [0.5, 0.6) is 0 Å². The van der Waals surface area contributed by atoms with Gasteiger partial charge in [0.05, 0.1) is 0 Å². The lowest BCUT2D eigenvalue weighted by Gasteiger charge is -2.17. The molecule has 1 aromatic heterocycles. The molecule has 2 rings (SSSR count). The number of halogens is 2. The van der Waals surface area contributed by atoms with Gasteiger partial charge in [-0.15, -0.1) is 11.3 Å². The summed E-state index contributed by atoms with van der Waals surface area (Å²) in [5.74, 6) is 0. The van der Waals surface area contributed by atoms with Crippen molar-refractivity contribution in [3.05, 3.63) is 55.6 Å². The minimum Gasteiger partial charge on any atom is -0.313 e. The van der Waals surface area contributed by atoms with Gasteiger partial charge in [0.15, 0.2) is 0 Å². The lowest BCUT2D eigenvalue weighted by molar-refractivity contribution is 0.594. The van der Waals surface area contributed by atoms with Crippen LogP contribution in [0.3, 0.4) is 0 Å². The first-order valence-electron chi connectivity index (χ1n) is 5.35. The zero-order chi connectivity index (χ0) is 12.3. The van der Waals surface area contributed by atoms with E-state index in [0.29, 0.717) is 6.04 Å². The Morgan fingerprint density at radius 1 is 1.41 bits per heavy atom. The van der Waals surface area contributed by atoms with E-state index in [1.165, 1.54) is 10.4 Å². The Morgan fingerprint density at radius 3 is 2.82 bits per heavy atom. The van der Waals surface area contributed by atoms with Crippen LogP contribution in [-0.4, -0.2) is 7.05 Å². The minimum atomic E-state index is 0.306. The number of nitrogens with one attached hydrogen (secondary N) is 1. The van der Waals surface area contributed by atoms with Crippen LogP contribution in [0.1, 0.15) is 16.5 Å². The van der Waals surface area contributed by atoms with E-state index >= 15 is 0 Å². The van der Waals surface area contributed by atoms with E-state index in [1.807, 2.05) is 19.2 Å². The molecular weight excluding hydrogens is 318 g/mol. The first kappa shape index (κ1) is 13.1. The van der Waals surface area contributed by atoms with E-state index < -0.39 is 0 Å². The molecular formula is C13H13BrClNS. The summed E-state index contributed by atoms with van der Waals surface area (Å²) in [7, 11) is 1.99. The molecule has 1 heterocycles. The van der Waals surface area contributed by atoms with Crippen LogP contribution in [0.4, 0.5) is 0 Å². The fraction of sp³-hybridized carbons (Fsp3) is 0.231. The number of hydrogen-bond donors (Lipinski definition) is 1. The molecule has 4 heteroatoms. The first-order valence-corrected chi connectivity index (χ1v) is 7.40. The molecule has 0 saturated heterocycles. The van der Waals surface area contributed by atoms with E-state index in [0.717, 1.165) is 15.9 Å². The van der Waals surface area contributed by atoms with Gasteiger partial charge in [-0.05, 0) is 36.2 Å². The number of thiophene rings is 1. The zero-order valence-corrected chi connectivity index (χ0v) is 12.6. The van der Waals surface area contributed by atoms with Crippen molar-refractivity contribution in [3.8, 4) is 0 Å². The normalized spacial score (nSPS) is 12.6. The van der Waals surface area contributed by atoms with Crippen LogP contribution in [0, 0.1) is 0 Å². The second-order valence-electron chi connectivity index (χ2n) is 3.79. The number of benzene rings is 1. The monoisotopic (exact) mass is 329 g/mol. The quantitative estimate of drug-likeness (QED) is 0.859. The number of rotatable bonds is 4. The van der Waals surface area contributed by atoms with Gasteiger partial charge in [0.2, 0.25) is 0 Å². The van der Waals surface area contributed by atoms with Crippen molar-refractivity contribution < 1.29 is 0 Å². The summed E-state index contributed by atoms with van der Waals surface area (Å²) in [4.78, 5) is 1.38. The van der Waals surface area contributed by atoms with Crippen molar-refractivity contribution in [1.29, 1.82) is 0 Å². The Hall–Kier alpha value is -0.350. The van der Waals surface area contributed by atoms with E-state index in [9.17, 15) is 0 Å². The second-order valence-corrected chi connectivity index (χ2v) is 6.11. The smallest absolute Gasteiger partial charge is 0.0417 e. The van der Waals surface area contributed by atoms with Gasteiger partial charge < -0.3 is 5.32 Å². The molecule has 17 heavy (non-hydrogen) atoms. The predicted molar refractivity (Wildman–Crippen MR) is 79.0 cm³/mol. The van der Waals surface area contributed by atoms with Crippen LogP contribution >= 0.6 is 38.9 Å². The molecule has 0 aliphatic carbocycles. The van der Waals surface area contributed by atoms with Crippen LogP contribution in [0.15, 0.2) is 40.2 Å². The van der Waals surface area contributed by atoms with E-state index in [4.69, 9.17) is 11.6 Å². The summed E-state index contributed by atoms with van der Waals surface area (Å²) >= 11 is 11.3. The number of likely N-dealkylation sites (N-methyl/N-ethyl adjacent to an activating group) is 1. The molecule has 1 aromatic carbocycles. The average molecular weight is 331 g/mol. The van der Waals surface area contributed by atoms with Crippen molar-refractivity contribution in [2.24, 2.45) is 0 Å². The largest absolute Gasteiger partial charge is 0.313 e. The predicted octanol–water partition coefficient (Wildman–Crippen LogP) is 4.67. The maximum Gasteiger partial charge on any atom is 0.0417 e. The molecule has 0 saturated carbocycles. The number of hydrogen-bond acceptors (Lipinski definition) is 2. The first-order chi connectivity index (χ1) is 8.20. The molecule has 1 atom stereocenters. The maximum atomic E-state index is 5.96. The molecule has 90 valence electrons. The van der Waals surface area contributed by atoms with Crippen LogP contribution in [0.25, 0.3) is 0 Å². The highest BCUT2D eigenvalue weighted by Crippen LogP contribution is 2.29. The maximum absolute atomic E-state index is 5.96. The third-order valence-electron chi connectivity index (χ3n) is 2.67. The molecule has 0 amide bonds. The SMILES string of the molecule is CNC(Cc1cccs1)c1ccc(Cl)cc1Br. The third kappa shape index (κ3) is 3.32. The fourth-order valence-corrected chi connectivity index (χ4v) is 3.49. The van der Waals surface area contributed by atoms with Crippen LogP contribution < -0.4 is 5.32 Å². The molecule has 0 fully saturated rings. The molecule has 0 spiro atoms. The van der Waals surface area contributed by atoms with Gasteiger partial charge in [0.25, 0.3) is 0 Å². The Morgan fingerprint density at radius 2 is 2.24 bits per heavy atom. The Balaban J connectivity index is 2.23. The molecule has 0 bridgehead atoms. The average Bonchev–Trinajstić information content (AvgIpc) is 2.79. The van der Waals surface area contributed by atoms with Crippen LogP contribution in [0.2, 0.25) is 5.02 Å². The lowest BCUT2D eigenvalue weighted by Crippen LogP contribution is -2.18. The molecule has 0 radical (unpaired) electrons. The van der Waals surface area contributed by atoms with Gasteiger partial charge in [-0.25, -0.2) is 0 Å². The van der Waals surface area contributed by atoms with Crippen molar-refractivity contribution in [3.63, 3.8) is 0 Å². The van der Waals surface area contributed by atoms with Crippen molar-refractivity contribution in [2.45, 2.75) is 12.5 Å². The Labute approximate surface area is 119 Å². The molecule has 0 aliphatic heterocycles. The summed E-state index contributed by atoms with van der Waals surface area (Å²) in [6.07, 6.45) is 0.994. The van der Waals surface area contributed by atoms with Gasteiger partial charge in [0.1, 0.15) is 0 Å². The molecule has 0 aliphatic rings. The summed E-state index contributed by atoms with van der Waals surface area (Å²) in [5.41, 5.74) is 1.24. The van der Waals surface area contributed by atoms with E-state index in [-0.39, 0.29) is 0 Å². The Kier molecular flexibility index (Phi) is 4.62. The fourth-order valence-electron chi connectivity index (χ4n) is 1.78. The van der Waals surface area contributed by atoms with Gasteiger partial charge in [-0.1, -0.05) is 39.7 Å². The molecule has 1 N–H and O–H groups in total. The molecule has 1 unspecified atom stereocenters. The van der Waals surface area contributed by atoms with Crippen molar-refractivity contribution in [2.75, 3.05) is 7.05 Å². The summed E-state index contributed by atoms with van der Waals surface area (Å²) in [6, 6.07) is 10.5. The van der Waals surface area contributed by atoms with Crippen molar-refractivity contribution >= 4 is 38.9 Å². The van der Waals surface area contributed by atoms with E-state index in [1.54, 1.807) is 11.3 Å². The highest BCUT2D eigenvalue weighted by atomic mass is 79.9. The third-order valence-corrected chi connectivity index (χ3v) is 4.49. The van der Waals surface area contributed by atoms with Gasteiger partial charge in [-0.3, -0.25) is 0 Å². The summed E-state index contributed by atoms with van der Waals surface area (Å²) < 4.78 is 1.06. The highest BCUT2D eigenvalue weighted by molar-refractivity contribution is 9.10. The summed E-state index contributed by atoms with van der Waals surface area (Å²) in [5, 5.41) is 6.22. The topological polar surface area (TPSA) is 12.0 Å². The summed E-state index contributed by atoms with van der Waals surface area (Å²) in [6.45, 7) is 0. The molecule has 2 aromatic rings. The molecule has 1 nitrogen and oxygen atoms in total. The highest BCUT2D eigenvalue weighted by Gasteiger charge is 2.13. The van der Waals surface area contributed by atoms with Gasteiger partial charge >= 0.3 is 0 Å².